The highest BCUT2D eigenvalue weighted by Gasteiger charge is 2.37. The highest BCUT2D eigenvalue weighted by molar-refractivity contribution is 6.07. The van der Waals surface area contributed by atoms with Crippen LogP contribution in [0.1, 0.15) is 66.8 Å². The minimum absolute atomic E-state index is 0.0493. The molecule has 2 aliphatic carbocycles. The van der Waals surface area contributed by atoms with Crippen LogP contribution in [-0.4, -0.2) is 51.5 Å². The van der Waals surface area contributed by atoms with Crippen molar-refractivity contribution in [2.75, 3.05) is 23.8 Å². The molecule has 0 unspecified atom stereocenters. The molecule has 0 saturated heterocycles. The predicted octanol–water partition coefficient (Wildman–Crippen LogP) is 5.31. The van der Waals surface area contributed by atoms with E-state index in [-0.39, 0.29) is 34.9 Å². The highest BCUT2D eigenvalue weighted by Crippen LogP contribution is 2.40. The van der Waals surface area contributed by atoms with E-state index in [1.54, 1.807) is 16.5 Å². The summed E-state index contributed by atoms with van der Waals surface area (Å²) in [6.45, 7) is 11.7. The van der Waals surface area contributed by atoms with Crippen molar-refractivity contribution in [2.45, 2.75) is 77.9 Å². The SMILES string of the molecule is C=CC(=O)N(C)[C@H]1CCC[C@@H](Nc2cc(-c3cccc(N4CCn5c(cc6c5CC(C)(C)C6)C4=O)c3C)cn(C)c2=O)C1. The van der Waals surface area contributed by atoms with Gasteiger partial charge in [-0.1, -0.05) is 32.6 Å². The van der Waals surface area contributed by atoms with Gasteiger partial charge in [0.2, 0.25) is 5.91 Å². The lowest BCUT2D eigenvalue weighted by molar-refractivity contribution is -0.127. The molecular formula is C35H43N5O3. The Morgan fingerprint density at radius 1 is 1.14 bits per heavy atom. The Bertz CT molecular complexity index is 1680. The van der Waals surface area contributed by atoms with Gasteiger partial charge in [-0.15, -0.1) is 0 Å². The van der Waals surface area contributed by atoms with Crippen molar-refractivity contribution < 1.29 is 9.59 Å². The lowest BCUT2D eigenvalue weighted by Gasteiger charge is -2.35. The molecule has 3 aliphatic rings. The molecule has 1 saturated carbocycles. The van der Waals surface area contributed by atoms with E-state index in [4.69, 9.17) is 0 Å². The van der Waals surface area contributed by atoms with Crippen LogP contribution >= 0.6 is 0 Å². The van der Waals surface area contributed by atoms with Crippen molar-refractivity contribution in [3.05, 3.63) is 82.1 Å². The van der Waals surface area contributed by atoms with Crippen LogP contribution < -0.4 is 15.8 Å². The number of nitrogens with one attached hydrogen (secondary N) is 1. The van der Waals surface area contributed by atoms with E-state index in [1.807, 2.05) is 36.3 Å². The molecule has 226 valence electrons. The molecule has 0 radical (unpaired) electrons. The quantitative estimate of drug-likeness (QED) is 0.400. The molecule has 1 N–H and O–H groups in total. The summed E-state index contributed by atoms with van der Waals surface area (Å²) < 4.78 is 3.87. The number of hydrogen-bond donors (Lipinski definition) is 1. The standard InChI is InChI=1S/C35H43N5O3/c1-7-32(41)38(6)26-11-8-10-25(18-26)36-28-16-24(21-37(5)33(28)42)27-12-9-13-29(22(27)2)40-15-14-39-30(34(40)43)17-23-19-35(3,4)20-31(23)39/h7,9,12-13,16-17,21,25-26,36H,1,8,10-11,14-15,18-20H2,2-6H3/t25-,26+/m1/s1. The maximum Gasteiger partial charge on any atom is 0.274 e. The van der Waals surface area contributed by atoms with Gasteiger partial charge in [0.15, 0.2) is 0 Å². The van der Waals surface area contributed by atoms with Gasteiger partial charge in [0.25, 0.3) is 11.5 Å². The minimum Gasteiger partial charge on any atom is -0.378 e. The minimum atomic E-state index is -0.0848. The Morgan fingerprint density at radius 3 is 2.70 bits per heavy atom. The lowest BCUT2D eigenvalue weighted by Crippen LogP contribution is -2.43. The first-order chi connectivity index (χ1) is 20.5. The second-order valence-electron chi connectivity index (χ2n) is 13.5. The van der Waals surface area contributed by atoms with Gasteiger partial charge in [-0.25, -0.2) is 0 Å². The number of pyridine rings is 1. The number of rotatable bonds is 6. The van der Waals surface area contributed by atoms with Crippen LogP contribution in [0.5, 0.6) is 0 Å². The van der Waals surface area contributed by atoms with Crippen molar-refractivity contribution in [1.82, 2.24) is 14.0 Å². The molecule has 2 aromatic heterocycles. The van der Waals surface area contributed by atoms with Crippen molar-refractivity contribution >= 4 is 23.2 Å². The Hall–Kier alpha value is -4.07. The number of likely N-dealkylation sites (N-methyl/N-ethyl adjacent to an activating group) is 1. The Morgan fingerprint density at radius 2 is 1.93 bits per heavy atom. The van der Waals surface area contributed by atoms with E-state index < -0.39 is 0 Å². The normalized spacial score (nSPS) is 20.9. The summed E-state index contributed by atoms with van der Waals surface area (Å²) >= 11 is 0. The fourth-order valence-corrected chi connectivity index (χ4v) is 7.52. The summed E-state index contributed by atoms with van der Waals surface area (Å²) in [7, 11) is 3.60. The molecule has 1 aromatic carbocycles. The molecule has 8 heteroatoms. The van der Waals surface area contributed by atoms with E-state index in [0.29, 0.717) is 12.2 Å². The monoisotopic (exact) mass is 581 g/mol. The molecule has 8 nitrogen and oxygen atoms in total. The first-order valence-electron chi connectivity index (χ1n) is 15.5. The summed E-state index contributed by atoms with van der Waals surface area (Å²) in [6, 6.07) is 10.3. The number of anilines is 2. The van der Waals surface area contributed by atoms with Crippen molar-refractivity contribution in [1.29, 1.82) is 0 Å². The molecule has 3 heterocycles. The second kappa shape index (κ2) is 10.9. The zero-order valence-corrected chi connectivity index (χ0v) is 26.1. The molecule has 2 amide bonds. The van der Waals surface area contributed by atoms with Crippen LogP contribution in [0, 0.1) is 12.3 Å². The second-order valence-corrected chi connectivity index (χ2v) is 13.5. The van der Waals surface area contributed by atoms with Crippen LogP contribution in [0.25, 0.3) is 11.1 Å². The summed E-state index contributed by atoms with van der Waals surface area (Å²) in [5.74, 6) is -0.0272. The molecule has 6 rings (SSSR count). The zero-order chi connectivity index (χ0) is 30.6. The fraction of sp³-hybridized carbons (Fsp3) is 0.457. The molecule has 43 heavy (non-hydrogen) atoms. The zero-order valence-electron chi connectivity index (χ0n) is 26.1. The van der Waals surface area contributed by atoms with Gasteiger partial charge >= 0.3 is 0 Å². The Labute approximate surface area is 254 Å². The maximum absolute atomic E-state index is 13.8. The Kier molecular flexibility index (Phi) is 7.35. The molecule has 1 fully saturated rings. The average molecular weight is 582 g/mol. The van der Waals surface area contributed by atoms with Gasteiger partial charge in [-0.2, -0.15) is 0 Å². The number of fused-ring (bicyclic) bond motifs is 3. The largest absolute Gasteiger partial charge is 0.378 e. The van der Waals surface area contributed by atoms with Gasteiger partial charge in [0.05, 0.1) is 0 Å². The maximum atomic E-state index is 13.8. The van der Waals surface area contributed by atoms with E-state index in [2.05, 4.69) is 49.4 Å². The van der Waals surface area contributed by atoms with Gasteiger partial charge in [0.1, 0.15) is 11.4 Å². The molecule has 0 spiro atoms. The highest BCUT2D eigenvalue weighted by atomic mass is 16.2. The van der Waals surface area contributed by atoms with Gasteiger partial charge in [-0.3, -0.25) is 14.4 Å². The van der Waals surface area contributed by atoms with Crippen molar-refractivity contribution in [3.63, 3.8) is 0 Å². The number of nitrogens with zero attached hydrogens (tertiary/aromatic N) is 4. The van der Waals surface area contributed by atoms with Crippen LogP contribution in [0.2, 0.25) is 0 Å². The number of amides is 2. The number of carbonyl (C=O) groups excluding carboxylic acids is 2. The summed E-state index contributed by atoms with van der Waals surface area (Å²) in [4.78, 5) is 42.9. The smallest absolute Gasteiger partial charge is 0.274 e. The van der Waals surface area contributed by atoms with Crippen molar-refractivity contribution in [2.24, 2.45) is 12.5 Å². The number of aryl methyl sites for hydroxylation is 1. The lowest BCUT2D eigenvalue weighted by atomic mass is 9.89. The topological polar surface area (TPSA) is 79.6 Å². The molecular weight excluding hydrogens is 538 g/mol. The summed E-state index contributed by atoms with van der Waals surface area (Å²) in [5, 5.41) is 3.52. The molecule has 0 bridgehead atoms. The van der Waals surface area contributed by atoms with Crippen LogP contribution in [0.15, 0.2) is 54.0 Å². The summed E-state index contributed by atoms with van der Waals surface area (Å²) in [6.07, 6.45) is 8.89. The van der Waals surface area contributed by atoms with Gasteiger partial charge in [-0.05, 0) is 91.8 Å². The van der Waals surface area contributed by atoms with Crippen molar-refractivity contribution in [3.8, 4) is 11.1 Å². The molecule has 1 aliphatic heterocycles. The number of hydrogen-bond acceptors (Lipinski definition) is 4. The third-order valence-corrected chi connectivity index (χ3v) is 9.79. The predicted molar refractivity (Wildman–Crippen MR) is 172 cm³/mol. The first kappa shape index (κ1) is 29.0. The first-order valence-corrected chi connectivity index (χ1v) is 15.5. The van der Waals surface area contributed by atoms with Crippen LogP contribution in [-0.2, 0) is 31.2 Å². The summed E-state index contributed by atoms with van der Waals surface area (Å²) in [5.41, 5.74) is 7.98. The number of carbonyl (C=O) groups is 2. The van der Waals surface area contributed by atoms with Crippen LogP contribution in [0.4, 0.5) is 11.4 Å². The van der Waals surface area contributed by atoms with E-state index in [9.17, 15) is 14.4 Å². The van der Waals surface area contributed by atoms with E-state index in [1.165, 1.54) is 17.3 Å². The molecule has 2 atom stereocenters. The average Bonchev–Trinajstić information content (AvgIpc) is 3.47. The third-order valence-electron chi connectivity index (χ3n) is 9.79. The Balaban J connectivity index is 1.27. The molecule has 3 aromatic rings. The van der Waals surface area contributed by atoms with Gasteiger partial charge < -0.3 is 24.3 Å². The van der Waals surface area contributed by atoms with E-state index in [0.717, 1.165) is 73.1 Å². The number of benzene rings is 1. The van der Waals surface area contributed by atoms with E-state index >= 15 is 0 Å². The fourth-order valence-electron chi connectivity index (χ4n) is 7.52. The third kappa shape index (κ3) is 5.21. The van der Waals surface area contributed by atoms with Gasteiger partial charge in [0, 0.05) is 62.4 Å². The number of aromatic nitrogens is 2. The van der Waals surface area contributed by atoms with Crippen LogP contribution in [0.3, 0.4) is 0 Å².